The van der Waals surface area contributed by atoms with Crippen LogP contribution in [0.25, 0.3) is 5.70 Å². The number of benzene rings is 9. The molecule has 11 rings (SSSR count). The molecule has 2 heterocycles. The van der Waals surface area contributed by atoms with E-state index in [0.717, 1.165) is 79.6 Å². The zero-order valence-electron chi connectivity index (χ0n) is 37.3. The molecule has 0 aliphatic carbocycles. The summed E-state index contributed by atoms with van der Waals surface area (Å²) in [7, 11) is 0. The predicted molar refractivity (Wildman–Crippen MR) is 285 cm³/mol. The monoisotopic (exact) mass is 877 g/mol. The number of nitrogen functional groups attached to an aromatic ring is 1. The van der Waals surface area contributed by atoms with E-state index in [9.17, 15) is 0 Å². The Hall–Kier alpha value is -9.33. The van der Waals surface area contributed by atoms with E-state index in [4.69, 9.17) is 17.3 Å². The molecule has 0 saturated carbocycles. The summed E-state index contributed by atoms with van der Waals surface area (Å²) in [6.07, 6.45) is 1.76. The first-order valence-corrected chi connectivity index (χ1v) is 22.7. The van der Waals surface area contributed by atoms with Crippen LogP contribution in [0.5, 0.6) is 0 Å². The molecule has 9 aromatic carbocycles. The van der Waals surface area contributed by atoms with Gasteiger partial charge in [0.2, 0.25) is 0 Å². The molecule has 1 aliphatic heterocycles. The van der Waals surface area contributed by atoms with Crippen LogP contribution < -0.4 is 30.2 Å². The molecule has 68 heavy (non-hydrogen) atoms. The van der Waals surface area contributed by atoms with E-state index in [1.54, 1.807) is 6.20 Å². The highest BCUT2D eigenvalue weighted by Gasteiger charge is 2.24. The number of hydrogen-bond donors (Lipinski definition) is 1. The van der Waals surface area contributed by atoms with Crippen LogP contribution in [0.3, 0.4) is 0 Å². The molecule has 7 heteroatoms. The highest BCUT2D eigenvalue weighted by molar-refractivity contribution is 5.93. The summed E-state index contributed by atoms with van der Waals surface area (Å²) in [5, 5.41) is 0. The fourth-order valence-electron chi connectivity index (χ4n) is 9.18. The number of rotatable bonds is 6. The van der Waals surface area contributed by atoms with Crippen LogP contribution in [0.4, 0.5) is 85.3 Å². The normalized spacial score (nSPS) is 12.4. The summed E-state index contributed by atoms with van der Waals surface area (Å²) in [5.41, 5.74) is 22.2. The van der Waals surface area contributed by atoms with Crippen LogP contribution >= 0.6 is 0 Å². The van der Waals surface area contributed by atoms with Crippen molar-refractivity contribution in [3.8, 4) is 0 Å². The maximum atomic E-state index is 6.70. The molecule has 0 saturated heterocycles. The summed E-state index contributed by atoms with van der Waals surface area (Å²) in [5.74, 6) is 0. The van der Waals surface area contributed by atoms with Gasteiger partial charge in [0.15, 0.2) is 0 Å². The summed E-state index contributed by atoms with van der Waals surface area (Å²) in [6.45, 7) is 4.71. The minimum absolute atomic E-state index is 0.539. The Labute approximate surface area is 397 Å². The van der Waals surface area contributed by atoms with Gasteiger partial charge in [-0.25, -0.2) is 0 Å². The Bertz CT molecular complexity index is 3170. The number of anilines is 15. The molecule has 7 nitrogen and oxygen atoms in total. The number of nitrogens with two attached hydrogens (primary N) is 1. The Morgan fingerprint density at radius 1 is 0.294 bits per heavy atom. The van der Waals surface area contributed by atoms with Crippen molar-refractivity contribution in [3.05, 3.63) is 273 Å². The van der Waals surface area contributed by atoms with E-state index in [1.807, 2.05) is 12.1 Å². The number of aromatic nitrogens is 1. The molecular weight excluding hydrogens is 831 g/mol. The number of fused-ring (bicyclic) bond motifs is 10. The van der Waals surface area contributed by atoms with Gasteiger partial charge in [0.05, 0.1) is 11.4 Å². The van der Waals surface area contributed by atoms with Gasteiger partial charge in [-0.2, -0.15) is 0 Å². The van der Waals surface area contributed by atoms with E-state index in [-0.39, 0.29) is 0 Å². The van der Waals surface area contributed by atoms with Crippen molar-refractivity contribution in [2.24, 2.45) is 0 Å². The molecule has 0 radical (unpaired) electrons. The largest absolute Gasteiger partial charge is 0.397 e. The van der Waals surface area contributed by atoms with Crippen LogP contribution in [-0.4, -0.2) is 4.98 Å². The second-order valence-electron chi connectivity index (χ2n) is 16.5. The van der Waals surface area contributed by atoms with Gasteiger partial charge in [-0.1, -0.05) is 110 Å². The lowest BCUT2D eigenvalue weighted by Gasteiger charge is -2.33. The number of nitrogens with zero attached hydrogens (tertiary/aromatic N) is 6. The van der Waals surface area contributed by atoms with Crippen molar-refractivity contribution in [2.75, 3.05) is 30.2 Å². The van der Waals surface area contributed by atoms with Crippen molar-refractivity contribution in [1.29, 1.82) is 0 Å². The molecule has 0 unspecified atom stereocenters. The lowest BCUT2D eigenvalue weighted by atomic mass is 10.1. The van der Waals surface area contributed by atoms with Gasteiger partial charge in [-0.05, 0) is 152 Å². The SMILES string of the molecule is C=C(c1ncccc1N)N1c2cccc(c2)N(c2ccccc2)c2cccc(c2)N(c2ccccc2)c2cccc(c2)N(c2ccccc2)c2cccc(c2)N(c2ccccc2)c2cccc1c2. The molecule has 326 valence electrons. The first kappa shape index (κ1) is 41.4. The molecule has 0 atom stereocenters. The number of hydrogen-bond acceptors (Lipinski definition) is 7. The maximum Gasteiger partial charge on any atom is 0.109 e. The molecule has 10 bridgehead atoms. The topological polar surface area (TPSA) is 55.1 Å². The Kier molecular flexibility index (Phi) is 11.1. The molecule has 0 fully saturated rings. The van der Waals surface area contributed by atoms with Crippen molar-refractivity contribution in [3.63, 3.8) is 0 Å². The standard InChI is InChI=1S/C61H47N7/c1-45(61-60(62)38-19-39-63-61)64-50-28-14-30-52(40-50)65(46-20-6-2-7-21-46)54-32-16-34-56(42-54)67(48-24-10-4-11-25-48)58-36-18-37-59(44-58)68(49-26-12-5-13-27-49)57-35-17-33-55(43-57)66(47-22-8-3-9-23-47)53-31-15-29-51(64)41-53/h2-44H,1,62H2. The van der Waals surface area contributed by atoms with Gasteiger partial charge < -0.3 is 30.2 Å². The Balaban J connectivity index is 1.21. The third-order valence-electron chi connectivity index (χ3n) is 12.2. The van der Waals surface area contributed by atoms with Gasteiger partial charge in [-0.15, -0.1) is 0 Å². The van der Waals surface area contributed by atoms with Crippen LogP contribution in [-0.2, 0) is 0 Å². The molecule has 0 spiro atoms. The van der Waals surface area contributed by atoms with E-state index in [0.29, 0.717) is 17.1 Å². The minimum Gasteiger partial charge on any atom is -0.397 e. The number of para-hydroxylation sites is 4. The van der Waals surface area contributed by atoms with Crippen LogP contribution in [0, 0.1) is 0 Å². The molecular formula is C61H47N7. The summed E-state index contributed by atoms with van der Waals surface area (Å²) >= 11 is 0. The lowest BCUT2D eigenvalue weighted by molar-refractivity contribution is 1.20. The summed E-state index contributed by atoms with van der Waals surface area (Å²) in [4.78, 5) is 16.2. The highest BCUT2D eigenvalue weighted by Crippen LogP contribution is 2.47. The van der Waals surface area contributed by atoms with Gasteiger partial charge in [0, 0.05) is 85.8 Å². The van der Waals surface area contributed by atoms with Crippen molar-refractivity contribution >= 4 is 91.0 Å². The molecule has 1 aromatic heterocycles. The predicted octanol–water partition coefficient (Wildman–Crippen LogP) is 16.7. The average Bonchev–Trinajstić information content (AvgIpc) is 3.39. The molecule has 2 N–H and O–H groups in total. The van der Waals surface area contributed by atoms with E-state index >= 15 is 0 Å². The van der Waals surface area contributed by atoms with Gasteiger partial charge in [0.25, 0.3) is 0 Å². The van der Waals surface area contributed by atoms with Crippen molar-refractivity contribution in [1.82, 2.24) is 4.98 Å². The maximum absolute atomic E-state index is 6.70. The second-order valence-corrected chi connectivity index (χ2v) is 16.5. The first-order valence-electron chi connectivity index (χ1n) is 22.7. The Morgan fingerprint density at radius 2 is 0.544 bits per heavy atom. The van der Waals surface area contributed by atoms with Crippen molar-refractivity contribution in [2.45, 2.75) is 0 Å². The molecule has 0 amide bonds. The summed E-state index contributed by atoms with van der Waals surface area (Å²) < 4.78 is 0. The van der Waals surface area contributed by atoms with E-state index in [1.165, 1.54) is 0 Å². The highest BCUT2D eigenvalue weighted by atomic mass is 15.2. The second kappa shape index (κ2) is 18.3. The van der Waals surface area contributed by atoms with Crippen LogP contribution in [0.15, 0.2) is 268 Å². The van der Waals surface area contributed by atoms with E-state index < -0.39 is 0 Å². The smallest absolute Gasteiger partial charge is 0.109 e. The number of pyridine rings is 1. The Morgan fingerprint density at radius 3 is 0.824 bits per heavy atom. The van der Waals surface area contributed by atoms with Gasteiger partial charge in [-0.3, -0.25) is 4.98 Å². The van der Waals surface area contributed by atoms with Crippen molar-refractivity contribution < 1.29 is 0 Å². The first-order chi connectivity index (χ1) is 33.6. The fourth-order valence-corrected chi connectivity index (χ4v) is 9.18. The van der Waals surface area contributed by atoms with E-state index in [2.05, 4.69) is 267 Å². The van der Waals surface area contributed by atoms with Crippen LogP contribution in [0.1, 0.15) is 5.69 Å². The zero-order chi connectivity index (χ0) is 45.8. The minimum atomic E-state index is 0.539. The summed E-state index contributed by atoms with van der Waals surface area (Å²) in [6, 6.07) is 89.4. The molecule has 1 aliphatic rings. The lowest BCUT2D eigenvalue weighted by Crippen LogP contribution is -2.19. The fraction of sp³-hybridized carbons (Fsp3) is 0. The average molecular weight is 878 g/mol. The molecule has 10 aromatic rings. The zero-order valence-corrected chi connectivity index (χ0v) is 37.3. The van der Waals surface area contributed by atoms with Gasteiger partial charge >= 0.3 is 0 Å². The third kappa shape index (κ3) is 8.05. The van der Waals surface area contributed by atoms with Crippen LogP contribution in [0.2, 0.25) is 0 Å². The van der Waals surface area contributed by atoms with Gasteiger partial charge in [0.1, 0.15) is 5.69 Å². The third-order valence-corrected chi connectivity index (χ3v) is 12.2. The quantitative estimate of drug-likeness (QED) is 0.179.